The van der Waals surface area contributed by atoms with Crippen LogP contribution < -0.4 is 10.5 Å². The number of anilines is 1. The van der Waals surface area contributed by atoms with E-state index in [0.717, 1.165) is 11.1 Å². The van der Waals surface area contributed by atoms with Crippen LogP contribution >= 0.6 is 11.6 Å². The molecule has 4 nitrogen and oxygen atoms in total. The fourth-order valence-corrected chi connectivity index (χ4v) is 1.71. The summed E-state index contributed by atoms with van der Waals surface area (Å²) in [5, 5.41) is 0.665. The van der Waals surface area contributed by atoms with E-state index in [1.54, 1.807) is 13.2 Å². The highest BCUT2D eigenvalue weighted by Crippen LogP contribution is 2.33. The zero-order valence-corrected chi connectivity index (χ0v) is 10.3. The molecule has 0 radical (unpaired) electrons. The van der Waals surface area contributed by atoms with Gasteiger partial charge in [0.15, 0.2) is 0 Å². The van der Waals surface area contributed by atoms with Crippen LogP contribution in [0, 0.1) is 6.92 Å². The van der Waals surface area contributed by atoms with E-state index in [9.17, 15) is 0 Å². The molecule has 88 valence electrons. The SMILES string of the molecule is COc1cc(C)c(Cl)cc1-c1cc(N)ncn1. The fourth-order valence-electron chi connectivity index (χ4n) is 1.54. The largest absolute Gasteiger partial charge is 0.496 e. The first-order valence-corrected chi connectivity index (χ1v) is 5.41. The maximum Gasteiger partial charge on any atom is 0.128 e. The summed E-state index contributed by atoms with van der Waals surface area (Å²) in [6, 6.07) is 5.37. The van der Waals surface area contributed by atoms with Crippen LogP contribution in [0.4, 0.5) is 5.82 Å². The van der Waals surface area contributed by atoms with Crippen molar-refractivity contribution in [3.8, 4) is 17.0 Å². The summed E-state index contributed by atoms with van der Waals surface area (Å²) in [6.45, 7) is 1.92. The molecular weight excluding hydrogens is 238 g/mol. The van der Waals surface area contributed by atoms with Crippen molar-refractivity contribution < 1.29 is 4.74 Å². The minimum Gasteiger partial charge on any atom is -0.496 e. The monoisotopic (exact) mass is 249 g/mol. The quantitative estimate of drug-likeness (QED) is 0.889. The predicted octanol–water partition coefficient (Wildman–Crippen LogP) is 2.70. The number of ether oxygens (including phenoxy) is 1. The van der Waals surface area contributed by atoms with Gasteiger partial charge in [-0.05, 0) is 24.6 Å². The van der Waals surface area contributed by atoms with E-state index in [2.05, 4.69) is 9.97 Å². The Morgan fingerprint density at radius 3 is 2.65 bits per heavy atom. The summed E-state index contributed by atoms with van der Waals surface area (Å²) in [5.41, 5.74) is 8.08. The number of aryl methyl sites for hydroxylation is 1. The minimum atomic E-state index is 0.411. The Hall–Kier alpha value is -1.81. The number of hydrogen-bond acceptors (Lipinski definition) is 4. The molecule has 0 bridgehead atoms. The second-order valence-corrected chi connectivity index (χ2v) is 4.04. The number of halogens is 1. The van der Waals surface area contributed by atoms with Crippen molar-refractivity contribution in [2.45, 2.75) is 6.92 Å². The van der Waals surface area contributed by atoms with Crippen molar-refractivity contribution in [1.29, 1.82) is 0 Å². The standard InChI is InChI=1S/C12H12ClN3O/c1-7-3-11(17-2)8(4-9(7)13)10-5-12(14)16-6-15-10/h3-6H,1-2H3,(H2,14,15,16). The van der Waals surface area contributed by atoms with Crippen LogP contribution in [0.5, 0.6) is 5.75 Å². The number of aromatic nitrogens is 2. The van der Waals surface area contributed by atoms with E-state index in [1.165, 1.54) is 6.33 Å². The Kier molecular flexibility index (Phi) is 3.15. The lowest BCUT2D eigenvalue weighted by atomic mass is 10.1. The summed E-state index contributed by atoms with van der Waals surface area (Å²) < 4.78 is 5.32. The molecule has 2 N–H and O–H groups in total. The van der Waals surface area contributed by atoms with Gasteiger partial charge in [0.2, 0.25) is 0 Å². The maximum absolute atomic E-state index is 6.10. The van der Waals surface area contributed by atoms with Crippen molar-refractivity contribution in [3.05, 3.63) is 35.1 Å². The Morgan fingerprint density at radius 1 is 1.24 bits per heavy atom. The molecule has 0 aliphatic rings. The van der Waals surface area contributed by atoms with E-state index in [0.29, 0.717) is 22.3 Å². The third-order valence-electron chi connectivity index (χ3n) is 2.44. The van der Waals surface area contributed by atoms with Crippen molar-refractivity contribution in [1.82, 2.24) is 9.97 Å². The number of hydrogen-bond donors (Lipinski definition) is 1. The van der Waals surface area contributed by atoms with Gasteiger partial charge in [-0.15, -0.1) is 0 Å². The molecule has 2 aromatic rings. The number of nitrogen functional groups attached to an aromatic ring is 1. The van der Waals surface area contributed by atoms with Crippen molar-refractivity contribution in [3.63, 3.8) is 0 Å². The highest BCUT2D eigenvalue weighted by atomic mass is 35.5. The van der Waals surface area contributed by atoms with Gasteiger partial charge in [-0.1, -0.05) is 11.6 Å². The third-order valence-corrected chi connectivity index (χ3v) is 2.85. The lowest BCUT2D eigenvalue weighted by Crippen LogP contribution is -1.95. The molecule has 1 heterocycles. The number of nitrogens with zero attached hydrogens (tertiary/aromatic N) is 2. The van der Waals surface area contributed by atoms with Crippen LogP contribution in [0.2, 0.25) is 5.02 Å². The first-order chi connectivity index (χ1) is 8.11. The van der Waals surface area contributed by atoms with E-state index >= 15 is 0 Å². The molecule has 0 saturated carbocycles. The molecule has 0 saturated heterocycles. The molecule has 5 heteroatoms. The number of nitrogens with two attached hydrogens (primary N) is 1. The summed E-state index contributed by atoms with van der Waals surface area (Å²) >= 11 is 6.10. The molecule has 0 fully saturated rings. The average Bonchev–Trinajstić information content (AvgIpc) is 2.32. The first-order valence-electron chi connectivity index (χ1n) is 5.04. The van der Waals surface area contributed by atoms with Crippen LogP contribution in [0.25, 0.3) is 11.3 Å². The fraction of sp³-hybridized carbons (Fsp3) is 0.167. The normalized spacial score (nSPS) is 10.3. The smallest absolute Gasteiger partial charge is 0.128 e. The molecule has 1 aromatic heterocycles. The van der Waals surface area contributed by atoms with Gasteiger partial charge < -0.3 is 10.5 Å². The Balaban J connectivity index is 2.62. The van der Waals surface area contributed by atoms with E-state index in [4.69, 9.17) is 22.1 Å². The molecule has 0 aliphatic carbocycles. The van der Waals surface area contributed by atoms with E-state index in [1.807, 2.05) is 19.1 Å². The summed E-state index contributed by atoms with van der Waals surface area (Å²) in [7, 11) is 1.61. The van der Waals surface area contributed by atoms with Crippen LogP contribution in [-0.2, 0) is 0 Å². The molecule has 0 atom stereocenters. The molecule has 2 rings (SSSR count). The van der Waals surface area contributed by atoms with Gasteiger partial charge in [0.25, 0.3) is 0 Å². The van der Waals surface area contributed by atoms with Crippen molar-refractivity contribution in [2.75, 3.05) is 12.8 Å². The lowest BCUT2D eigenvalue weighted by molar-refractivity contribution is 0.416. The van der Waals surface area contributed by atoms with E-state index in [-0.39, 0.29) is 0 Å². The molecule has 1 aromatic carbocycles. The molecular formula is C12H12ClN3O. The molecule has 0 unspecified atom stereocenters. The topological polar surface area (TPSA) is 61.0 Å². The van der Waals surface area contributed by atoms with Gasteiger partial charge in [-0.25, -0.2) is 9.97 Å². The van der Waals surface area contributed by atoms with Crippen LogP contribution in [0.1, 0.15) is 5.56 Å². The maximum atomic E-state index is 6.10. The van der Waals surface area contributed by atoms with Gasteiger partial charge in [-0.3, -0.25) is 0 Å². The second-order valence-electron chi connectivity index (χ2n) is 3.63. The van der Waals surface area contributed by atoms with Gasteiger partial charge in [0, 0.05) is 16.7 Å². The van der Waals surface area contributed by atoms with Gasteiger partial charge in [0.05, 0.1) is 12.8 Å². The average molecular weight is 250 g/mol. The molecule has 17 heavy (non-hydrogen) atoms. The highest BCUT2D eigenvalue weighted by Gasteiger charge is 2.10. The Bertz CT molecular complexity index is 557. The van der Waals surface area contributed by atoms with Crippen molar-refractivity contribution in [2.24, 2.45) is 0 Å². The van der Waals surface area contributed by atoms with E-state index < -0.39 is 0 Å². The second kappa shape index (κ2) is 4.59. The zero-order chi connectivity index (χ0) is 12.4. The Morgan fingerprint density at radius 2 is 2.00 bits per heavy atom. The van der Waals surface area contributed by atoms with Crippen LogP contribution in [-0.4, -0.2) is 17.1 Å². The molecule has 0 amide bonds. The van der Waals surface area contributed by atoms with Crippen LogP contribution in [0.15, 0.2) is 24.5 Å². The van der Waals surface area contributed by atoms with Gasteiger partial charge in [-0.2, -0.15) is 0 Å². The van der Waals surface area contributed by atoms with Crippen molar-refractivity contribution >= 4 is 17.4 Å². The summed E-state index contributed by atoms with van der Waals surface area (Å²) in [6.07, 6.45) is 1.41. The predicted molar refractivity (Wildman–Crippen MR) is 68.2 cm³/mol. The minimum absolute atomic E-state index is 0.411. The number of methoxy groups -OCH3 is 1. The van der Waals surface area contributed by atoms with Gasteiger partial charge >= 0.3 is 0 Å². The summed E-state index contributed by atoms with van der Waals surface area (Å²) in [4.78, 5) is 8.01. The van der Waals surface area contributed by atoms with Crippen LogP contribution in [0.3, 0.4) is 0 Å². The first kappa shape index (κ1) is 11.7. The molecule has 0 spiro atoms. The molecule has 0 aliphatic heterocycles. The number of benzene rings is 1. The third kappa shape index (κ3) is 2.31. The highest BCUT2D eigenvalue weighted by molar-refractivity contribution is 6.31. The Labute approximate surface area is 104 Å². The van der Waals surface area contributed by atoms with Gasteiger partial charge in [0.1, 0.15) is 17.9 Å². The lowest BCUT2D eigenvalue weighted by Gasteiger charge is -2.10. The summed E-state index contributed by atoms with van der Waals surface area (Å²) in [5.74, 6) is 1.12. The zero-order valence-electron chi connectivity index (χ0n) is 9.57. The number of rotatable bonds is 2.